The van der Waals surface area contributed by atoms with Gasteiger partial charge in [-0.3, -0.25) is 0 Å². The Hall–Kier alpha value is -0.800. The van der Waals surface area contributed by atoms with E-state index in [1.54, 1.807) is 0 Å². The first kappa shape index (κ1) is 12.3. The average Bonchev–Trinajstić information content (AvgIpc) is 2.50. The van der Waals surface area contributed by atoms with Crippen LogP contribution in [-0.4, -0.2) is 22.3 Å². The molecular weight excluding hydrogens is 188 g/mol. The molecule has 1 aromatic rings. The van der Waals surface area contributed by atoms with Crippen molar-refractivity contribution in [1.82, 2.24) is 9.88 Å². The zero-order valence-corrected chi connectivity index (χ0v) is 9.90. The molecule has 2 N–H and O–H groups in total. The van der Waals surface area contributed by atoms with Gasteiger partial charge in [0.25, 0.3) is 0 Å². The maximum atomic E-state index is 9.64. The number of nitrogens with one attached hydrogen (secondary N) is 1. The predicted molar refractivity (Wildman–Crippen MR) is 62.6 cm³/mol. The largest absolute Gasteiger partial charge is 0.392 e. The normalized spacial score (nSPS) is 13.4. The van der Waals surface area contributed by atoms with Crippen molar-refractivity contribution in [2.24, 2.45) is 13.0 Å². The first-order valence-corrected chi connectivity index (χ1v) is 5.57. The number of aromatic nitrogens is 1. The highest BCUT2D eigenvalue weighted by Crippen LogP contribution is 2.04. The summed E-state index contributed by atoms with van der Waals surface area (Å²) in [5.74, 6) is 0.554. The minimum absolute atomic E-state index is 0.228. The average molecular weight is 210 g/mol. The number of rotatable bonds is 6. The summed E-state index contributed by atoms with van der Waals surface area (Å²) >= 11 is 0. The second kappa shape index (κ2) is 5.93. The highest BCUT2D eigenvalue weighted by molar-refractivity contribution is 5.09. The fourth-order valence-corrected chi connectivity index (χ4v) is 1.68. The van der Waals surface area contributed by atoms with E-state index in [2.05, 4.69) is 31.4 Å². The van der Waals surface area contributed by atoms with E-state index in [1.807, 2.05) is 17.8 Å². The van der Waals surface area contributed by atoms with E-state index < -0.39 is 0 Å². The maximum absolute atomic E-state index is 9.64. The lowest BCUT2D eigenvalue weighted by Gasteiger charge is -2.13. The van der Waals surface area contributed by atoms with E-state index in [4.69, 9.17) is 0 Å². The van der Waals surface area contributed by atoms with Crippen molar-refractivity contribution in [3.63, 3.8) is 0 Å². The molecular formula is C12H22N2O. The van der Waals surface area contributed by atoms with Crippen LogP contribution >= 0.6 is 0 Å². The van der Waals surface area contributed by atoms with E-state index >= 15 is 0 Å². The highest BCUT2D eigenvalue weighted by atomic mass is 16.3. The summed E-state index contributed by atoms with van der Waals surface area (Å²) in [5.41, 5.74) is 1.26. The van der Waals surface area contributed by atoms with Gasteiger partial charge in [-0.25, -0.2) is 0 Å². The molecule has 0 aliphatic rings. The smallest absolute Gasteiger partial charge is 0.0667 e. The van der Waals surface area contributed by atoms with Crippen LogP contribution in [0.3, 0.4) is 0 Å². The van der Waals surface area contributed by atoms with Gasteiger partial charge in [0.05, 0.1) is 6.10 Å². The molecule has 0 saturated carbocycles. The van der Waals surface area contributed by atoms with Crippen molar-refractivity contribution < 1.29 is 5.11 Å². The Bertz CT molecular complexity index is 281. The molecule has 0 aromatic carbocycles. The molecule has 1 heterocycles. The van der Waals surface area contributed by atoms with Crippen LogP contribution in [0.15, 0.2) is 18.5 Å². The molecule has 3 heteroatoms. The third-order valence-corrected chi connectivity index (χ3v) is 2.35. The van der Waals surface area contributed by atoms with Crippen LogP contribution < -0.4 is 5.32 Å². The van der Waals surface area contributed by atoms with E-state index in [9.17, 15) is 5.11 Å². The summed E-state index contributed by atoms with van der Waals surface area (Å²) < 4.78 is 2.03. The van der Waals surface area contributed by atoms with Crippen molar-refractivity contribution in [3.8, 4) is 0 Å². The molecule has 0 radical (unpaired) electrons. The van der Waals surface area contributed by atoms with Crippen molar-refractivity contribution in [2.75, 3.05) is 6.54 Å². The summed E-state index contributed by atoms with van der Waals surface area (Å²) in [6.07, 6.45) is 4.75. The number of aliphatic hydroxyl groups is 1. The minimum Gasteiger partial charge on any atom is -0.392 e. The van der Waals surface area contributed by atoms with Gasteiger partial charge in [0.15, 0.2) is 0 Å². The van der Waals surface area contributed by atoms with E-state index in [0.717, 1.165) is 13.0 Å². The Morgan fingerprint density at radius 2 is 2.20 bits per heavy atom. The van der Waals surface area contributed by atoms with Crippen LogP contribution in [-0.2, 0) is 13.6 Å². The summed E-state index contributed by atoms with van der Waals surface area (Å²) in [5, 5.41) is 12.9. The van der Waals surface area contributed by atoms with E-state index in [1.165, 1.54) is 5.56 Å². The lowest BCUT2D eigenvalue weighted by atomic mass is 10.1. The third-order valence-electron chi connectivity index (χ3n) is 2.35. The Kier molecular flexibility index (Phi) is 4.85. The number of nitrogens with zero attached hydrogens (tertiary/aromatic N) is 1. The van der Waals surface area contributed by atoms with Crippen LogP contribution in [0.2, 0.25) is 0 Å². The summed E-state index contributed by atoms with van der Waals surface area (Å²) in [7, 11) is 2.01. The Morgan fingerprint density at radius 3 is 2.73 bits per heavy atom. The molecule has 1 atom stereocenters. The van der Waals surface area contributed by atoms with Crippen molar-refractivity contribution in [2.45, 2.75) is 32.9 Å². The van der Waals surface area contributed by atoms with Gasteiger partial charge < -0.3 is 15.0 Å². The summed E-state index contributed by atoms with van der Waals surface area (Å²) in [6, 6.07) is 2.09. The van der Waals surface area contributed by atoms with Gasteiger partial charge in [0, 0.05) is 32.5 Å². The first-order valence-electron chi connectivity index (χ1n) is 5.57. The number of aryl methyl sites for hydroxylation is 1. The quantitative estimate of drug-likeness (QED) is 0.747. The Balaban J connectivity index is 2.16. The zero-order chi connectivity index (χ0) is 11.3. The van der Waals surface area contributed by atoms with Crippen molar-refractivity contribution in [1.29, 1.82) is 0 Å². The number of aliphatic hydroxyl groups excluding tert-OH is 1. The van der Waals surface area contributed by atoms with Gasteiger partial charge in [-0.05, 0) is 24.0 Å². The van der Waals surface area contributed by atoms with Crippen molar-refractivity contribution >= 4 is 0 Å². The topological polar surface area (TPSA) is 37.2 Å². The van der Waals surface area contributed by atoms with Gasteiger partial charge in [-0.15, -0.1) is 0 Å². The Labute approximate surface area is 92.1 Å². The van der Waals surface area contributed by atoms with Crippen LogP contribution in [0.4, 0.5) is 0 Å². The molecule has 15 heavy (non-hydrogen) atoms. The molecule has 0 aliphatic heterocycles. The van der Waals surface area contributed by atoms with Crippen molar-refractivity contribution in [3.05, 3.63) is 24.0 Å². The molecule has 0 spiro atoms. The van der Waals surface area contributed by atoms with Crippen LogP contribution in [0, 0.1) is 5.92 Å². The van der Waals surface area contributed by atoms with Gasteiger partial charge in [-0.1, -0.05) is 13.8 Å². The van der Waals surface area contributed by atoms with Crippen LogP contribution in [0.1, 0.15) is 25.8 Å². The number of hydrogen-bond acceptors (Lipinski definition) is 2. The third kappa shape index (κ3) is 5.00. The van der Waals surface area contributed by atoms with Gasteiger partial charge >= 0.3 is 0 Å². The first-order chi connectivity index (χ1) is 7.08. The Morgan fingerprint density at radius 1 is 1.47 bits per heavy atom. The molecule has 3 nitrogen and oxygen atoms in total. The monoisotopic (exact) mass is 210 g/mol. The van der Waals surface area contributed by atoms with Crippen LogP contribution in [0.5, 0.6) is 0 Å². The lowest BCUT2D eigenvalue weighted by molar-refractivity contribution is 0.146. The second-order valence-corrected chi connectivity index (χ2v) is 4.60. The lowest BCUT2D eigenvalue weighted by Crippen LogP contribution is -2.27. The molecule has 0 saturated heterocycles. The molecule has 0 fully saturated rings. The fraction of sp³-hybridized carbons (Fsp3) is 0.667. The molecule has 0 bridgehead atoms. The van der Waals surface area contributed by atoms with E-state index in [0.29, 0.717) is 12.5 Å². The molecule has 1 rings (SSSR count). The summed E-state index contributed by atoms with van der Waals surface area (Å²) in [4.78, 5) is 0. The van der Waals surface area contributed by atoms with Gasteiger partial charge in [0.2, 0.25) is 0 Å². The van der Waals surface area contributed by atoms with Crippen LogP contribution in [0.25, 0.3) is 0 Å². The SMILES string of the molecule is CC(C)CC(O)CNCc1ccn(C)c1. The predicted octanol–water partition coefficient (Wildman–Crippen LogP) is 1.52. The summed E-state index contributed by atoms with van der Waals surface area (Å²) in [6.45, 7) is 5.75. The second-order valence-electron chi connectivity index (χ2n) is 4.60. The molecule has 0 aliphatic carbocycles. The molecule has 1 aromatic heterocycles. The van der Waals surface area contributed by atoms with E-state index in [-0.39, 0.29) is 6.10 Å². The maximum Gasteiger partial charge on any atom is 0.0667 e. The van der Waals surface area contributed by atoms with Gasteiger partial charge in [0.1, 0.15) is 0 Å². The minimum atomic E-state index is -0.228. The molecule has 0 amide bonds. The zero-order valence-electron chi connectivity index (χ0n) is 9.90. The fourth-order valence-electron chi connectivity index (χ4n) is 1.68. The van der Waals surface area contributed by atoms with Gasteiger partial charge in [-0.2, -0.15) is 0 Å². The number of hydrogen-bond donors (Lipinski definition) is 2. The highest BCUT2D eigenvalue weighted by Gasteiger charge is 2.06. The molecule has 1 unspecified atom stereocenters. The molecule has 86 valence electrons. The standard InChI is InChI=1S/C12H22N2O/c1-10(2)6-12(15)8-13-7-11-4-5-14(3)9-11/h4-5,9-10,12-13,15H,6-8H2,1-3H3.